The van der Waals surface area contributed by atoms with Gasteiger partial charge in [0.2, 0.25) is 0 Å². The van der Waals surface area contributed by atoms with Crippen LogP contribution >= 0.6 is 0 Å². The van der Waals surface area contributed by atoms with Crippen LogP contribution in [-0.4, -0.2) is 24.1 Å². The summed E-state index contributed by atoms with van der Waals surface area (Å²) < 4.78 is 7.63. The standard InChI is InChI=1S/C26H27N3O2/c1-18-10-11-25(31-4)24(14-18)29-19(2)15-22(20(29)3)16-23(17-27)26(30)28-13-12-21-8-6-5-7-9-21/h5-11,14-16H,12-13H2,1-4H3,(H,28,30)/b23-16-. The molecule has 0 unspecified atom stereocenters. The molecule has 0 radical (unpaired) electrons. The Balaban J connectivity index is 1.83. The minimum atomic E-state index is -0.364. The van der Waals surface area contributed by atoms with Crippen molar-refractivity contribution in [1.82, 2.24) is 9.88 Å². The molecule has 0 spiro atoms. The van der Waals surface area contributed by atoms with E-state index in [-0.39, 0.29) is 11.5 Å². The zero-order valence-electron chi connectivity index (χ0n) is 18.4. The van der Waals surface area contributed by atoms with E-state index in [0.29, 0.717) is 13.0 Å². The molecule has 1 aromatic heterocycles. The number of nitriles is 1. The highest BCUT2D eigenvalue weighted by molar-refractivity contribution is 6.01. The fraction of sp³-hybridized carbons (Fsp3) is 0.231. The van der Waals surface area contributed by atoms with E-state index in [0.717, 1.165) is 39.5 Å². The van der Waals surface area contributed by atoms with E-state index in [9.17, 15) is 10.1 Å². The lowest BCUT2D eigenvalue weighted by Crippen LogP contribution is -2.26. The summed E-state index contributed by atoms with van der Waals surface area (Å²) in [4.78, 5) is 12.6. The maximum absolute atomic E-state index is 12.6. The van der Waals surface area contributed by atoms with Crippen molar-refractivity contribution in [2.75, 3.05) is 13.7 Å². The molecule has 0 saturated heterocycles. The summed E-state index contributed by atoms with van der Waals surface area (Å²) in [5.41, 5.74) is 6.04. The Morgan fingerprint density at radius 2 is 1.87 bits per heavy atom. The van der Waals surface area contributed by atoms with Gasteiger partial charge in [0.1, 0.15) is 17.4 Å². The van der Waals surface area contributed by atoms with Crippen LogP contribution in [0.15, 0.2) is 60.2 Å². The average molecular weight is 414 g/mol. The predicted octanol–water partition coefficient (Wildman–Crippen LogP) is 4.68. The van der Waals surface area contributed by atoms with Crippen molar-refractivity contribution in [2.24, 2.45) is 0 Å². The van der Waals surface area contributed by atoms with E-state index >= 15 is 0 Å². The molecule has 158 valence electrons. The number of hydrogen-bond acceptors (Lipinski definition) is 3. The Hall–Kier alpha value is -3.78. The van der Waals surface area contributed by atoms with Gasteiger partial charge < -0.3 is 14.6 Å². The summed E-state index contributed by atoms with van der Waals surface area (Å²) in [5.74, 6) is 0.401. The van der Waals surface area contributed by atoms with E-state index < -0.39 is 0 Å². The summed E-state index contributed by atoms with van der Waals surface area (Å²) in [6.45, 7) is 6.48. The number of aromatic nitrogens is 1. The largest absolute Gasteiger partial charge is 0.495 e. The Kier molecular flexibility index (Phi) is 6.94. The van der Waals surface area contributed by atoms with Gasteiger partial charge in [-0.15, -0.1) is 0 Å². The number of hydrogen-bond donors (Lipinski definition) is 1. The number of ether oxygens (including phenoxy) is 1. The molecule has 0 fully saturated rings. The number of carbonyl (C=O) groups is 1. The van der Waals surface area contributed by atoms with Crippen LogP contribution in [-0.2, 0) is 11.2 Å². The fourth-order valence-corrected chi connectivity index (χ4v) is 3.64. The third-order valence-corrected chi connectivity index (χ3v) is 5.25. The van der Waals surface area contributed by atoms with E-state index in [1.165, 1.54) is 0 Å². The van der Waals surface area contributed by atoms with Crippen LogP contribution in [0.3, 0.4) is 0 Å². The van der Waals surface area contributed by atoms with Gasteiger partial charge in [-0.3, -0.25) is 4.79 Å². The quantitative estimate of drug-likeness (QED) is 0.452. The highest BCUT2D eigenvalue weighted by Crippen LogP contribution is 2.29. The van der Waals surface area contributed by atoms with E-state index in [4.69, 9.17) is 4.74 Å². The highest BCUT2D eigenvalue weighted by atomic mass is 16.5. The average Bonchev–Trinajstić information content (AvgIpc) is 3.05. The maximum atomic E-state index is 12.6. The smallest absolute Gasteiger partial charge is 0.261 e. The van der Waals surface area contributed by atoms with Gasteiger partial charge in [-0.25, -0.2) is 0 Å². The second-order valence-electron chi connectivity index (χ2n) is 7.50. The van der Waals surface area contributed by atoms with Gasteiger partial charge in [-0.1, -0.05) is 36.4 Å². The second kappa shape index (κ2) is 9.82. The molecule has 0 bridgehead atoms. The summed E-state index contributed by atoms with van der Waals surface area (Å²) in [6, 6.07) is 20.0. The zero-order valence-corrected chi connectivity index (χ0v) is 18.4. The molecule has 5 heteroatoms. The lowest BCUT2D eigenvalue weighted by molar-refractivity contribution is -0.117. The SMILES string of the molecule is COc1ccc(C)cc1-n1c(C)cc(/C=C(/C#N)C(=O)NCCc2ccccc2)c1C. The van der Waals surface area contributed by atoms with Gasteiger partial charge in [-0.2, -0.15) is 5.26 Å². The molecular formula is C26H27N3O2. The fourth-order valence-electron chi connectivity index (χ4n) is 3.64. The normalized spacial score (nSPS) is 11.1. The molecule has 0 aliphatic carbocycles. The van der Waals surface area contributed by atoms with Crippen LogP contribution in [0.5, 0.6) is 5.75 Å². The van der Waals surface area contributed by atoms with Gasteiger partial charge in [-0.05, 0) is 68.2 Å². The van der Waals surface area contributed by atoms with Crippen LogP contribution in [0.25, 0.3) is 11.8 Å². The topological polar surface area (TPSA) is 67.0 Å². The molecule has 2 aromatic carbocycles. The van der Waals surface area contributed by atoms with Crippen LogP contribution in [0, 0.1) is 32.1 Å². The number of carbonyl (C=O) groups excluding carboxylic acids is 1. The number of nitrogens with zero attached hydrogens (tertiary/aromatic N) is 2. The molecule has 31 heavy (non-hydrogen) atoms. The predicted molar refractivity (Wildman–Crippen MR) is 123 cm³/mol. The first kappa shape index (κ1) is 21.9. The Morgan fingerprint density at radius 1 is 1.13 bits per heavy atom. The van der Waals surface area contributed by atoms with Crippen molar-refractivity contribution in [3.05, 3.63) is 88.2 Å². The van der Waals surface area contributed by atoms with Crippen LogP contribution in [0.2, 0.25) is 0 Å². The zero-order chi connectivity index (χ0) is 22.4. The monoisotopic (exact) mass is 413 g/mol. The number of nitrogens with one attached hydrogen (secondary N) is 1. The number of aryl methyl sites for hydroxylation is 2. The van der Waals surface area contributed by atoms with Crippen LogP contribution in [0.4, 0.5) is 0 Å². The van der Waals surface area contributed by atoms with Crippen LogP contribution in [0.1, 0.15) is 28.1 Å². The molecule has 0 atom stereocenters. The molecule has 1 heterocycles. The molecule has 3 aromatic rings. The summed E-state index contributed by atoms with van der Waals surface area (Å²) in [7, 11) is 1.65. The van der Waals surface area contributed by atoms with Crippen molar-refractivity contribution in [3.8, 4) is 17.5 Å². The first-order valence-electron chi connectivity index (χ1n) is 10.2. The van der Waals surface area contributed by atoms with Crippen molar-refractivity contribution in [3.63, 3.8) is 0 Å². The van der Waals surface area contributed by atoms with Crippen molar-refractivity contribution in [1.29, 1.82) is 5.26 Å². The summed E-state index contributed by atoms with van der Waals surface area (Å²) >= 11 is 0. The Bertz CT molecular complexity index is 1150. The molecule has 0 aliphatic heterocycles. The molecule has 1 amide bonds. The highest BCUT2D eigenvalue weighted by Gasteiger charge is 2.16. The summed E-state index contributed by atoms with van der Waals surface area (Å²) in [6.07, 6.45) is 2.37. The third-order valence-electron chi connectivity index (χ3n) is 5.25. The number of benzene rings is 2. The molecule has 5 nitrogen and oxygen atoms in total. The molecule has 1 N–H and O–H groups in total. The number of methoxy groups -OCH3 is 1. The second-order valence-corrected chi connectivity index (χ2v) is 7.50. The van der Waals surface area contributed by atoms with Crippen LogP contribution < -0.4 is 10.1 Å². The first-order chi connectivity index (χ1) is 14.9. The third kappa shape index (κ3) is 5.04. The van der Waals surface area contributed by atoms with Crippen molar-refractivity contribution >= 4 is 12.0 Å². The molecule has 3 rings (SSSR count). The number of rotatable bonds is 7. The Morgan fingerprint density at radius 3 is 2.55 bits per heavy atom. The van der Waals surface area contributed by atoms with Gasteiger partial charge in [0, 0.05) is 17.9 Å². The summed E-state index contributed by atoms with van der Waals surface area (Å²) in [5, 5.41) is 12.4. The van der Waals surface area contributed by atoms with Gasteiger partial charge in [0.05, 0.1) is 12.8 Å². The lowest BCUT2D eigenvalue weighted by Gasteiger charge is -2.14. The first-order valence-corrected chi connectivity index (χ1v) is 10.2. The number of amides is 1. The van der Waals surface area contributed by atoms with Crippen molar-refractivity contribution in [2.45, 2.75) is 27.2 Å². The van der Waals surface area contributed by atoms with Gasteiger partial charge >= 0.3 is 0 Å². The lowest BCUT2D eigenvalue weighted by atomic mass is 10.1. The van der Waals surface area contributed by atoms with E-state index in [1.54, 1.807) is 13.2 Å². The maximum Gasteiger partial charge on any atom is 0.261 e. The Labute approximate surface area is 183 Å². The minimum Gasteiger partial charge on any atom is -0.495 e. The molecule has 0 saturated carbocycles. The van der Waals surface area contributed by atoms with E-state index in [2.05, 4.69) is 16.0 Å². The molecule has 0 aliphatic rings. The van der Waals surface area contributed by atoms with Gasteiger partial charge in [0.15, 0.2) is 0 Å². The van der Waals surface area contributed by atoms with E-state index in [1.807, 2.05) is 75.4 Å². The van der Waals surface area contributed by atoms with Crippen molar-refractivity contribution < 1.29 is 9.53 Å². The minimum absolute atomic E-state index is 0.0875. The van der Waals surface area contributed by atoms with Gasteiger partial charge in [0.25, 0.3) is 5.91 Å². The molecular weight excluding hydrogens is 386 g/mol.